The summed E-state index contributed by atoms with van der Waals surface area (Å²) >= 11 is 0. The minimum Gasteiger partial charge on any atom is -0.368 e. The van der Waals surface area contributed by atoms with Crippen LogP contribution >= 0.6 is 0 Å². The molecule has 1 amide bonds. The molecule has 0 fully saturated rings. The predicted octanol–water partition coefficient (Wildman–Crippen LogP) is 1.66. The summed E-state index contributed by atoms with van der Waals surface area (Å²) < 4.78 is 0. The molecule has 0 heterocycles. The van der Waals surface area contributed by atoms with Gasteiger partial charge in [0.25, 0.3) is 0 Å². The molecule has 1 rings (SSSR count). The molecule has 16 heavy (non-hydrogen) atoms. The first-order valence-corrected chi connectivity index (χ1v) is 5.44. The van der Waals surface area contributed by atoms with Crippen LogP contribution < -0.4 is 11.1 Å². The zero-order chi connectivity index (χ0) is 12.3. The summed E-state index contributed by atoms with van der Waals surface area (Å²) in [5, 5.41) is 3.17. The number of carbonyl (C=O) groups is 1. The summed E-state index contributed by atoms with van der Waals surface area (Å²) in [5.74, 6) is -0.335. The molecule has 0 aliphatic heterocycles. The maximum Gasteiger partial charge on any atom is 0.237 e. The van der Waals surface area contributed by atoms with Crippen LogP contribution in [0.25, 0.3) is 0 Å². The SMILES string of the molecule is Cc1ccc(C)c(CNC(C)(C)C(N)=O)c1. The van der Waals surface area contributed by atoms with Gasteiger partial charge < -0.3 is 5.73 Å². The fraction of sp³-hybridized carbons (Fsp3) is 0.462. The smallest absolute Gasteiger partial charge is 0.237 e. The zero-order valence-electron chi connectivity index (χ0n) is 10.4. The van der Waals surface area contributed by atoms with Crippen molar-refractivity contribution in [2.24, 2.45) is 5.73 Å². The molecule has 0 aromatic heterocycles. The summed E-state index contributed by atoms with van der Waals surface area (Å²) in [5.41, 5.74) is 8.28. The number of amides is 1. The number of aryl methyl sites for hydroxylation is 2. The summed E-state index contributed by atoms with van der Waals surface area (Å²) in [6.45, 7) is 8.36. The Morgan fingerprint density at radius 1 is 1.38 bits per heavy atom. The molecule has 0 radical (unpaired) electrons. The van der Waals surface area contributed by atoms with Crippen LogP contribution in [-0.2, 0) is 11.3 Å². The highest BCUT2D eigenvalue weighted by molar-refractivity contribution is 5.83. The summed E-state index contributed by atoms with van der Waals surface area (Å²) in [6.07, 6.45) is 0. The third kappa shape index (κ3) is 3.07. The van der Waals surface area contributed by atoms with Crippen molar-refractivity contribution in [2.45, 2.75) is 39.8 Å². The Bertz CT molecular complexity index is 397. The second kappa shape index (κ2) is 4.66. The number of rotatable bonds is 4. The number of nitrogens with one attached hydrogen (secondary N) is 1. The largest absolute Gasteiger partial charge is 0.368 e. The van der Waals surface area contributed by atoms with Crippen LogP contribution in [-0.4, -0.2) is 11.4 Å². The van der Waals surface area contributed by atoms with Crippen molar-refractivity contribution in [1.82, 2.24) is 5.32 Å². The first-order chi connectivity index (χ1) is 7.33. The molecule has 1 aromatic rings. The van der Waals surface area contributed by atoms with Crippen molar-refractivity contribution in [1.29, 1.82) is 0 Å². The quantitative estimate of drug-likeness (QED) is 0.810. The molecule has 0 saturated carbocycles. The fourth-order valence-corrected chi connectivity index (χ4v) is 1.39. The Hall–Kier alpha value is -1.35. The van der Waals surface area contributed by atoms with Gasteiger partial charge in [0.1, 0.15) is 0 Å². The summed E-state index contributed by atoms with van der Waals surface area (Å²) in [4.78, 5) is 11.2. The van der Waals surface area contributed by atoms with E-state index < -0.39 is 5.54 Å². The monoisotopic (exact) mass is 220 g/mol. The Labute approximate surface area is 97.0 Å². The van der Waals surface area contributed by atoms with Crippen molar-refractivity contribution in [2.75, 3.05) is 0 Å². The van der Waals surface area contributed by atoms with Crippen LogP contribution in [0.3, 0.4) is 0 Å². The Morgan fingerprint density at radius 2 is 2.00 bits per heavy atom. The number of primary amides is 1. The van der Waals surface area contributed by atoms with E-state index in [1.807, 2.05) is 0 Å². The van der Waals surface area contributed by atoms with Crippen molar-refractivity contribution in [3.63, 3.8) is 0 Å². The molecule has 3 N–H and O–H groups in total. The lowest BCUT2D eigenvalue weighted by Gasteiger charge is -2.23. The molecule has 0 saturated heterocycles. The van der Waals surface area contributed by atoms with Gasteiger partial charge in [-0.3, -0.25) is 10.1 Å². The Morgan fingerprint density at radius 3 is 2.56 bits per heavy atom. The van der Waals surface area contributed by atoms with Crippen molar-refractivity contribution in [3.05, 3.63) is 34.9 Å². The lowest BCUT2D eigenvalue weighted by molar-refractivity contribution is -0.123. The second-order valence-electron chi connectivity index (χ2n) is 4.77. The van der Waals surface area contributed by atoms with Gasteiger partial charge in [0, 0.05) is 6.54 Å². The molecule has 3 heteroatoms. The van der Waals surface area contributed by atoms with Gasteiger partial charge in [0.15, 0.2) is 0 Å². The van der Waals surface area contributed by atoms with Crippen LogP contribution in [0.5, 0.6) is 0 Å². The maximum atomic E-state index is 11.2. The van der Waals surface area contributed by atoms with Crippen LogP contribution in [0.15, 0.2) is 18.2 Å². The van der Waals surface area contributed by atoms with Crippen LogP contribution in [0.2, 0.25) is 0 Å². The van der Waals surface area contributed by atoms with Gasteiger partial charge in [-0.2, -0.15) is 0 Å². The van der Waals surface area contributed by atoms with Crippen LogP contribution in [0, 0.1) is 13.8 Å². The molecule has 3 nitrogen and oxygen atoms in total. The van der Waals surface area contributed by atoms with E-state index in [0.29, 0.717) is 6.54 Å². The van der Waals surface area contributed by atoms with E-state index in [-0.39, 0.29) is 5.91 Å². The van der Waals surface area contributed by atoms with Crippen molar-refractivity contribution in [3.8, 4) is 0 Å². The summed E-state index contributed by atoms with van der Waals surface area (Å²) in [6, 6.07) is 6.29. The average molecular weight is 220 g/mol. The van der Waals surface area contributed by atoms with E-state index in [4.69, 9.17) is 5.73 Å². The number of benzene rings is 1. The van der Waals surface area contributed by atoms with Gasteiger partial charge in [-0.25, -0.2) is 0 Å². The van der Waals surface area contributed by atoms with Gasteiger partial charge in [0.05, 0.1) is 5.54 Å². The molecule has 0 spiro atoms. The first-order valence-electron chi connectivity index (χ1n) is 5.44. The number of hydrogen-bond donors (Lipinski definition) is 2. The maximum absolute atomic E-state index is 11.2. The minimum absolute atomic E-state index is 0.335. The number of carbonyl (C=O) groups excluding carboxylic acids is 1. The molecule has 0 unspecified atom stereocenters. The minimum atomic E-state index is -0.670. The van der Waals surface area contributed by atoms with E-state index in [2.05, 4.69) is 37.4 Å². The van der Waals surface area contributed by atoms with Gasteiger partial charge in [-0.05, 0) is 38.8 Å². The Kier molecular flexibility index (Phi) is 3.70. The van der Waals surface area contributed by atoms with E-state index in [1.165, 1.54) is 16.7 Å². The molecular formula is C13H20N2O. The standard InChI is InChI=1S/C13H20N2O/c1-9-5-6-10(2)11(7-9)8-15-13(3,4)12(14)16/h5-7,15H,8H2,1-4H3,(H2,14,16). The third-order valence-electron chi connectivity index (χ3n) is 2.84. The van der Waals surface area contributed by atoms with Gasteiger partial charge in [-0.15, -0.1) is 0 Å². The molecule has 0 atom stereocenters. The Balaban J connectivity index is 2.75. The first kappa shape index (κ1) is 12.7. The zero-order valence-corrected chi connectivity index (χ0v) is 10.4. The van der Waals surface area contributed by atoms with Gasteiger partial charge >= 0.3 is 0 Å². The summed E-state index contributed by atoms with van der Waals surface area (Å²) in [7, 11) is 0. The topological polar surface area (TPSA) is 55.1 Å². The molecular weight excluding hydrogens is 200 g/mol. The second-order valence-corrected chi connectivity index (χ2v) is 4.77. The molecule has 0 aliphatic carbocycles. The third-order valence-corrected chi connectivity index (χ3v) is 2.84. The lowest BCUT2D eigenvalue weighted by atomic mass is 10.0. The van der Waals surface area contributed by atoms with E-state index in [1.54, 1.807) is 13.8 Å². The highest BCUT2D eigenvalue weighted by Crippen LogP contribution is 2.12. The molecule has 1 aromatic carbocycles. The highest BCUT2D eigenvalue weighted by atomic mass is 16.1. The lowest BCUT2D eigenvalue weighted by Crippen LogP contribution is -2.50. The normalized spacial score (nSPS) is 11.5. The molecule has 88 valence electrons. The fourth-order valence-electron chi connectivity index (χ4n) is 1.39. The van der Waals surface area contributed by atoms with Gasteiger partial charge in [0.2, 0.25) is 5.91 Å². The molecule has 0 aliphatic rings. The molecule has 0 bridgehead atoms. The van der Waals surface area contributed by atoms with E-state index >= 15 is 0 Å². The predicted molar refractivity (Wildman–Crippen MR) is 66.0 cm³/mol. The number of hydrogen-bond acceptors (Lipinski definition) is 2. The van der Waals surface area contributed by atoms with Crippen molar-refractivity contribution < 1.29 is 4.79 Å². The van der Waals surface area contributed by atoms with E-state index in [0.717, 1.165) is 0 Å². The van der Waals surface area contributed by atoms with E-state index in [9.17, 15) is 4.79 Å². The van der Waals surface area contributed by atoms with Crippen molar-refractivity contribution >= 4 is 5.91 Å². The highest BCUT2D eigenvalue weighted by Gasteiger charge is 2.23. The average Bonchev–Trinajstić information content (AvgIpc) is 2.19. The van der Waals surface area contributed by atoms with Gasteiger partial charge in [-0.1, -0.05) is 23.8 Å². The van der Waals surface area contributed by atoms with Crippen LogP contribution in [0.4, 0.5) is 0 Å². The van der Waals surface area contributed by atoms with Crippen LogP contribution in [0.1, 0.15) is 30.5 Å². The number of nitrogens with two attached hydrogens (primary N) is 1.